The van der Waals surface area contributed by atoms with Crippen LogP contribution in [0.5, 0.6) is 0 Å². The van der Waals surface area contributed by atoms with Gasteiger partial charge in [0.15, 0.2) is 0 Å². The van der Waals surface area contributed by atoms with Crippen LogP contribution in [0.3, 0.4) is 0 Å². The molecular weight excluding hydrogens is 322 g/mol. The van der Waals surface area contributed by atoms with E-state index in [4.69, 9.17) is 5.11 Å². The molecule has 3 heteroatoms. The molecule has 0 heterocycles. The first kappa shape index (κ1) is 17.9. The van der Waals surface area contributed by atoms with Crippen LogP contribution < -0.4 is 5.32 Å². The molecule has 3 aromatic carbocycles. The second-order valence-corrected chi connectivity index (χ2v) is 6.27. The molecule has 0 unspecified atom stereocenters. The van der Waals surface area contributed by atoms with Gasteiger partial charge in [0.05, 0.1) is 5.54 Å². The van der Waals surface area contributed by atoms with Gasteiger partial charge in [0.2, 0.25) is 0 Å². The number of benzene rings is 3. The van der Waals surface area contributed by atoms with Crippen molar-refractivity contribution < 1.29 is 9.90 Å². The molecule has 0 aromatic heterocycles. The largest absolute Gasteiger partial charge is 0.481 e. The summed E-state index contributed by atoms with van der Waals surface area (Å²) in [6.07, 6.45) is 0.727. The van der Waals surface area contributed by atoms with Crippen molar-refractivity contribution in [2.45, 2.75) is 18.4 Å². The van der Waals surface area contributed by atoms with Crippen LogP contribution in [0.4, 0.5) is 0 Å². The molecule has 132 valence electrons. The van der Waals surface area contributed by atoms with Crippen LogP contribution in [-0.2, 0) is 10.3 Å². The standard InChI is InChI=1S/C23H23NO2/c25-22(26)17-10-18-24-23(19-11-4-1-5-12-19,20-13-6-2-7-14-20)21-15-8-3-9-16-21/h1-9,11-16,24H,10,17-18H2,(H,25,26). The van der Waals surface area contributed by atoms with Crippen LogP contribution in [-0.4, -0.2) is 17.6 Å². The predicted molar refractivity (Wildman–Crippen MR) is 104 cm³/mol. The number of aliphatic carboxylic acids is 1. The number of carbonyl (C=O) groups is 1. The zero-order valence-corrected chi connectivity index (χ0v) is 14.6. The number of carboxylic acid groups (broad SMARTS) is 1. The van der Waals surface area contributed by atoms with E-state index in [9.17, 15) is 4.79 Å². The predicted octanol–water partition coefficient (Wildman–Crippen LogP) is 4.43. The van der Waals surface area contributed by atoms with Gasteiger partial charge < -0.3 is 5.11 Å². The Bertz CT molecular complexity index is 720. The zero-order chi connectivity index (χ0) is 18.2. The maximum atomic E-state index is 10.9. The number of carboxylic acids is 1. The maximum absolute atomic E-state index is 10.9. The highest BCUT2D eigenvalue weighted by atomic mass is 16.4. The quantitative estimate of drug-likeness (QED) is 0.469. The molecule has 0 aliphatic carbocycles. The molecule has 0 spiro atoms. The third-order valence-electron chi connectivity index (χ3n) is 4.58. The number of hydrogen-bond donors (Lipinski definition) is 2. The van der Waals surface area contributed by atoms with Crippen LogP contribution in [0.25, 0.3) is 0 Å². The Morgan fingerprint density at radius 3 is 1.46 bits per heavy atom. The van der Waals surface area contributed by atoms with E-state index >= 15 is 0 Å². The summed E-state index contributed by atoms with van der Waals surface area (Å²) in [6, 6.07) is 30.9. The molecule has 3 aromatic rings. The minimum atomic E-state index is -0.767. The maximum Gasteiger partial charge on any atom is 0.303 e. The van der Waals surface area contributed by atoms with Crippen molar-refractivity contribution >= 4 is 5.97 Å². The van der Waals surface area contributed by atoms with Gasteiger partial charge >= 0.3 is 5.97 Å². The number of hydrogen-bond acceptors (Lipinski definition) is 2. The van der Waals surface area contributed by atoms with E-state index < -0.39 is 11.5 Å². The van der Waals surface area contributed by atoms with Gasteiger partial charge in [-0.25, -0.2) is 0 Å². The molecule has 0 aliphatic rings. The lowest BCUT2D eigenvalue weighted by Crippen LogP contribution is -2.45. The third-order valence-corrected chi connectivity index (χ3v) is 4.58. The van der Waals surface area contributed by atoms with Crippen molar-refractivity contribution in [3.63, 3.8) is 0 Å². The summed E-state index contributed by atoms with van der Waals surface area (Å²) in [6.45, 7) is 0.602. The molecular formula is C23H23NO2. The molecule has 0 fully saturated rings. The topological polar surface area (TPSA) is 49.3 Å². The molecule has 2 N–H and O–H groups in total. The van der Waals surface area contributed by atoms with Gasteiger partial charge in [0, 0.05) is 6.42 Å². The van der Waals surface area contributed by atoms with Crippen LogP contribution >= 0.6 is 0 Å². The Morgan fingerprint density at radius 1 is 0.731 bits per heavy atom. The SMILES string of the molecule is O=C(O)CCCNC(c1ccccc1)(c1ccccc1)c1ccccc1. The van der Waals surface area contributed by atoms with E-state index in [0.29, 0.717) is 13.0 Å². The first-order valence-corrected chi connectivity index (χ1v) is 8.87. The van der Waals surface area contributed by atoms with E-state index in [0.717, 1.165) is 16.7 Å². The van der Waals surface area contributed by atoms with Crippen molar-refractivity contribution in [3.05, 3.63) is 108 Å². The van der Waals surface area contributed by atoms with Gasteiger partial charge in [-0.2, -0.15) is 0 Å². The van der Waals surface area contributed by atoms with E-state index in [1.165, 1.54) is 0 Å². The molecule has 3 nitrogen and oxygen atoms in total. The second-order valence-electron chi connectivity index (χ2n) is 6.27. The molecule has 0 radical (unpaired) electrons. The fraction of sp³-hybridized carbons (Fsp3) is 0.174. The molecule has 0 saturated heterocycles. The summed E-state index contributed by atoms with van der Waals surface area (Å²) < 4.78 is 0. The average Bonchev–Trinajstić information content (AvgIpc) is 2.70. The van der Waals surface area contributed by atoms with Crippen molar-refractivity contribution in [3.8, 4) is 0 Å². The monoisotopic (exact) mass is 345 g/mol. The van der Waals surface area contributed by atoms with Gasteiger partial charge in [-0.15, -0.1) is 0 Å². The van der Waals surface area contributed by atoms with E-state index in [1.807, 2.05) is 54.6 Å². The lowest BCUT2D eigenvalue weighted by atomic mass is 9.77. The summed E-state index contributed by atoms with van der Waals surface area (Å²) in [5, 5.41) is 12.6. The van der Waals surface area contributed by atoms with Crippen LogP contribution in [0.1, 0.15) is 29.5 Å². The first-order valence-electron chi connectivity index (χ1n) is 8.87. The first-order chi connectivity index (χ1) is 12.7. The lowest BCUT2D eigenvalue weighted by Gasteiger charge is -2.37. The Balaban J connectivity index is 2.10. The van der Waals surface area contributed by atoms with Crippen molar-refractivity contribution in [1.82, 2.24) is 5.32 Å². The van der Waals surface area contributed by atoms with Gasteiger partial charge in [-0.05, 0) is 29.7 Å². The van der Waals surface area contributed by atoms with Crippen LogP contribution in [0, 0.1) is 0 Å². The third kappa shape index (κ3) is 3.84. The molecule has 0 aliphatic heterocycles. The van der Waals surface area contributed by atoms with Crippen LogP contribution in [0.15, 0.2) is 91.0 Å². The molecule has 3 rings (SSSR count). The highest BCUT2D eigenvalue weighted by Gasteiger charge is 2.35. The Kier molecular flexibility index (Phi) is 5.82. The summed E-state index contributed by atoms with van der Waals surface area (Å²) >= 11 is 0. The van der Waals surface area contributed by atoms with Crippen molar-refractivity contribution in [1.29, 1.82) is 0 Å². The fourth-order valence-corrected chi connectivity index (χ4v) is 3.39. The Morgan fingerprint density at radius 2 is 1.12 bits per heavy atom. The minimum absolute atomic E-state index is 0.154. The van der Waals surface area contributed by atoms with Crippen molar-refractivity contribution in [2.75, 3.05) is 6.54 Å². The van der Waals surface area contributed by atoms with E-state index in [-0.39, 0.29) is 6.42 Å². The molecule has 0 amide bonds. The van der Waals surface area contributed by atoms with Crippen LogP contribution in [0.2, 0.25) is 0 Å². The van der Waals surface area contributed by atoms with E-state index in [2.05, 4.69) is 41.7 Å². The van der Waals surface area contributed by atoms with Crippen molar-refractivity contribution in [2.24, 2.45) is 0 Å². The normalized spacial score (nSPS) is 11.2. The van der Waals surface area contributed by atoms with Gasteiger partial charge in [-0.1, -0.05) is 91.0 Å². The molecule has 0 bridgehead atoms. The van der Waals surface area contributed by atoms with Gasteiger partial charge in [-0.3, -0.25) is 10.1 Å². The molecule has 0 atom stereocenters. The molecule has 0 saturated carbocycles. The average molecular weight is 345 g/mol. The Hall–Kier alpha value is -2.91. The summed E-state index contributed by atoms with van der Waals surface area (Å²) in [4.78, 5) is 10.9. The number of nitrogens with one attached hydrogen (secondary N) is 1. The minimum Gasteiger partial charge on any atom is -0.481 e. The highest BCUT2D eigenvalue weighted by Crippen LogP contribution is 2.36. The van der Waals surface area contributed by atoms with Gasteiger partial charge in [0.25, 0.3) is 0 Å². The summed E-state index contributed by atoms with van der Waals surface area (Å²) in [5.74, 6) is -0.767. The van der Waals surface area contributed by atoms with Gasteiger partial charge in [0.1, 0.15) is 0 Å². The molecule has 26 heavy (non-hydrogen) atoms. The number of rotatable bonds is 8. The smallest absolute Gasteiger partial charge is 0.303 e. The fourth-order valence-electron chi connectivity index (χ4n) is 3.39. The lowest BCUT2D eigenvalue weighted by molar-refractivity contribution is -0.137. The van der Waals surface area contributed by atoms with E-state index in [1.54, 1.807) is 0 Å². The highest BCUT2D eigenvalue weighted by molar-refractivity contribution is 5.66. The second kappa shape index (κ2) is 8.45. The zero-order valence-electron chi connectivity index (χ0n) is 14.6. The Labute approximate surface area is 154 Å². The summed E-state index contributed by atoms with van der Waals surface area (Å²) in [5.41, 5.74) is 2.87. The summed E-state index contributed by atoms with van der Waals surface area (Å²) in [7, 11) is 0.